The minimum atomic E-state index is -0.116. The summed E-state index contributed by atoms with van der Waals surface area (Å²) in [7, 11) is 1.60. The first-order valence-corrected chi connectivity index (χ1v) is 11.9. The smallest absolute Gasteiger partial charge is 0.251 e. The molecule has 1 saturated carbocycles. The molecule has 176 valence electrons. The Balaban J connectivity index is 1.18. The number of methoxy groups -OCH3 is 1. The fraction of sp³-hybridized carbons (Fsp3) is 0.385. The first-order valence-electron chi connectivity index (χ1n) is 11.9. The molecular weight excluding hydrogens is 430 g/mol. The van der Waals surface area contributed by atoms with Gasteiger partial charge in [-0.2, -0.15) is 4.98 Å². The summed E-state index contributed by atoms with van der Waals surface area (Å²) in [5.74, 6) is 2.72. The quantitative estimate of drug-likeness (QED) is 0.392. The van der Waals surface area contributed by atoms with E-state index in [4.69, 9.17) is 9.26 Å². The van der Waals surface area contributed by atoms with Crippen molar-refractivity contribution >= 4 is 16.9 Å². The molecule has 0 aliphatic heterocycles. The molecule has 0 radical (unpaired) electrons. The second-order valence-electron chi connectivity index (χ2n) is 8.83. The Morgan fingerprint density at radius 1 is 1.18 bits per heavy atom. The lowest BCUT2D eigenvalue weighted by Gasteiger charge is -2.08. The van der Waals surface area contributed by atoms with Crippen LogP contribution in [0.1, 0.15) is 48.4 Å². The van der Waals surface area contributed by atoms with Crippen LogP contribution in [-0.2, 0) is 13.0 Å². The number of aromatic nitrogens is 4. The van der Waals surface area contributed by atoms with E-state index in [1.165, 1.54) is 25.7 Å². The normalized spacial score (nSPS) is 14.0. The first-order chi connectivity index (χ1) is 16.7. The molecule has 2 aromatic carbocycles. The van der Waals surface area contributed by atoms with Gasteiger partial charge in [-0.3, -0.25) is 4.79 Å². The number of benzene rings is 2. The molecule has 2 aromatic heterocycles. The van der Waals surface area contributed by atoms with Gasteiger partial charge in [-0.15, -0.1) is 0 Å². The summed E-state index contributed by atoms with van der Waals surface area (Å²) in [5.41, 5.74) is 3.34. The Morgan fingerprint density at radius 2 is 2.00 bits per heavy atom. The van der Waals surface area contributed by atoms with Crippen molar-refractivity contribution in [2.75, 3.05) is 13.7 Å². The van der Waals surface area contributed by atoms with Gasteiger partial charge < -0.3 is 19.1 Å². The summed E-state index contributed by atoms with van der Waals surface area (Å²) in [6.07, 6.45) is 9.11. The van der Waals surface area contributed by atoms with Crippen molar-refractivity contribution in [3.05, 3.63) is 60.2 Å². The van der Waals surface area contributed by atoms with Gasteiger partial charge in [-0.1, -0.05) is 30.8 Å². The molecule has 8 nitrogen and oxygen atoms in total. The van der Waals surface area contributed by atoms with Crippen molar-refractivity contribution in [2.24, 2.45) is 5.92 Å². The van der Waals surface area contributed by atoms with Gasteiger partial charge in [0.05, 0.1) is 24.5 Å². The molecule has 1 aliphatic rings. The number of carbonyl (C=O) groups excluding carboxylic acids is 1. The summed E-state index contributed by atoms with van der Waals surface area (Å²) < 4.78 is 12.6. The number of aryl methyl sites for hydroxylation is 1. The molecule has 0 bridgehead atoms. The lowest BCUT2D eigenvalue weighted by atomic mass is 10.0. The van der Waals surface area contributed by atoms with Crippen LogP contribution in [0.2, 0.25) is 0 Å². The summed E-state index contributed by atoms with van der Waals surface area (Å²) in [6, 6.07) is 13.0. The monoisotopic (exact) mass is 459 g/mol. The fourth-order valence-corrected chi connectivity index (χ4v) is 4.62. The standard InChI is InChI=1S/C26H29N5O3/c1-33-21-10-7-19(8-11-21)26(32)27-14-15-31-17-28-22-16-20(9-12-23(22)31)25-29-24(34-30-25)13-6-18-4-2-3-5-18/h7-12,16-18H,2-6,13-15H2,1H3,(H,27,32). The van der Waals surface area contributed by atoms with Crippen LogP contribution in [0.25, 0.3) is 22.4 Å². The topological polar surface area (TPSA) is 95.1 Å². The highest BCUT2D eigenvalue weighted by molar-refractivity contribution is 5.94. The molecule has 5 rings (SSSR count). The van der Waals surface area contributed by atoms with Crippen molar-refractivity contribution < 1.29 is 14.1 Å². The van der Waals surface area contributed by atoms with E-state index in [9.17, 15) is 4.79 Å². The van der Waals surface area contributed by atoms with E-state index in [1.807, 2.05) is 22.8 Å². The van der Waals surface area contributed by atoms with Crippen LogP contribution >= 0.6 is 0 Å². The van der Waals surface area contributed by atoms with Crippen LogP contribution in [0.15, 0.2) is 53.3 Å². The van der Waals surface area contributed by atoms with Crippen molar-refractivity contribution in [3.63, 3.8) is 0 Å². The molecule has 2 heterocycles. The zero-order valence-corrected chi connectivity index (χ0v) is 19.4. The van der Waals surface area contributed by atoms with E-state index in [2.05, 4.69) is 20.4 Å². The van der Waals surface area contributed by atoms with Gasteiger partial charge >= 0.3 is 0 Å². The Morgan fingerprint density at radius 3 is 2.79 bits per heavy atom. The number of ether oxygens (including phenoxy) is 1. The number of imidazole rings is 1. The maximum absolute atomic E-state index is 12.4. The van der Waals surface area contributed by atoms with Crippen molar-refractivity contribution in [1.29, 1.82) is 0 Å². The summed E-state index contributed by atoms with van der Waals surface area (Å²) in [6.45, 7) is 1.11. The number of hydrogen-bond acceptors (Lipinski definition) is 6. The average molecular weight is 460 g/mol. The predicted octanol–water partition coefficient (Wildman–Crippen LogP) is 4.65. The largest absolute Gasteiger partial charge is 0.497 e. The summed E-state index contributed by atoms with van der Waals surface area (Å²) in [4.78, 5) is 21.5. The van der Waals surface area contributed by atoms with Crippen LogP contribution in [0.5, 0.6) is 5.75 Å². The van der Waals surface area contributed by atoms with E-state index in [0.29, 0.717) is 30.4 Å². The predicted molar refractivity (Wildman–Crippen MR) is 129 cm³/mol. The zero-order valence-electron chi connectivity index (χ0n) is 19.4. The van der Waals surface area contributed by atoms with Gasteiger partial charge in [0.25, 0.3) is 5.91 Å². The minimum absolute atomic E-state index is 0.116. The molecule has 1 fully saturated rings. The Labute approximate surface area is 198 Å². The molecule has 8 heteroatoms. The Hall–Kier alpha value is -3.68. The summed E-state index contributed by atoms with van der Waals surface area (Å²) in [5, 5.41) is 7.13. The number of amides is 1. The second-order valence-corrected chi connectivity index (χ2v) is 8.83. The third kappa shape index (κ3) is 4.95. The first kappa shape index (κ1) is 22.1. The van der Waals surface area contributed by atoms with E-state index in [-0.39, 0.29) is 5.91 Å². The highest BCUT2D eigenvalue weighted by atomic mass is 16.5. The van der Waals surface area contributed by atoms with E-state index in [0.717, 1.165) is 41.1 Å². The molecule has 0 saturated heterocycles. The highest BCUT2D eigenvalue weighted by Crippen LogP contribution is 2.29. The highest BCUT2D eigenvalue weighted by Gasteiger charge is 2.17. The Kier molecular flexibility index (Phi) is 6.56. The molecule has 1 amide bonds. The van der Waals surface area contributed by atoms with Gasteiger partial charge in [-0.05, 0) is 54.8 Å². The van der Waals surface area contributed by atoms with Crippen LogP contribution < -0.4 is 10.1 Å². The van der Waals surface area contributed by atoms with E-state index < -0.39 is 0 Å². The molecule has 0 spiro atoms. The van der Waals surface area contributed by atoms with Crippen LogP contribution in [0.3, 0.4) is 0 Å². The molecule has 0 unspecified atom stereocenters. The third-order valence-corrected chi connectivity index (χ3v) is 6.58. The van der Waals surface area contributed by atoms with Crippen molar-refractivity contribution in [3.8, 4) is 17.1 Å². The van der Waals surface area contributed by atoms with Crippen LogP contribution in [0.4, 0.5) is 0 Å². The van der Waals surface area contributed by atoms with Crippen molar-refractivity contribution in [1.82, 2.24) is 25.0 Å². The number of fused-ring (bicyclic) bond motifs is 1. The molecule has 1 N–H and O–H groups in total. The number of rotatable bonds is 9. The van der Waals surface area contributed by atoms with Gasteiger partial charge in [-0.25, -0.2) is 4.98 Å². The second kappa shape index (κ2) is 10.1. The molecule has 1 aliphatic carbocycles. The van der Waals surface area contributed by atoms with E-state index in [1.54, 1.807) is 37.7 Å². The maximum Gasteiger partial charge on any atom is 0.251 e. The Bertz CT molecular complexity index is 1260. The van der Waals surface area contributed by atoms with Gasteiger partial charge in [0.2, 0.25) is 11.7 Å². The van der Waals surface area contributed by atoms with Crippen LogP contribution in [-0.4, -0.2) is 39.3 Å². The SMILES string of the molecule is COc1ccc(C(=O)NCCn2cnc3cc(-c4noc(CCC5CCCC5)n4)ccc32)cc1. The lowest BCUT2D eigenvalue weighted by Crippen LogP contribution is -2.27. The number of carbonyl (C=O) groups is 1. The van der Waals surface area contributed by atoms with Crippen molar-refractivity contribution in [2.45, 2.75) is 45.1 Å². The molecular formula is C26H29N5O3. The van der Waals surface area contributed by atoms with Gasteiger partial charge in [0.15, 0.2) is 0 Å². The number of hydrogen-bond donors (Lipinski definition) is 1. The van der Waals surface area contributed by atoms with E-state index >= 15 is 0 Å². The zero-order chi connectivity index (χ0) is 23.3. The molecule has 34 heavy (non-hydrogen) atoms. The third-order valence-electron chi connectivity index (χ3n) is 6.58. The number of nitrogens with one attached hydrogen (secondary N) is 1. The molecule has 4 aromatic rings. The molecule has 0 atom stereocenters. The van der Waals surface area contributed by atoms with Crippen LogP contribution in [0, 0.1) is 5.92 Å². The number of nitrogens with zero attached hydrogens (tertiary/aromatic N) is 4. The maximum atomic E-state index is 12.4. The lowest BCUT2D eigenvalue weighted by molar-refractivity contribution is 0.0952. The fourth-order valence-electron chi connectivity index (χ4n) is 4.62. The summed E-state index contributed by atoms with van der Waals surface area (Å²) >= 11 is 0. The minimum Gasteiger partial charge on any atom is -0.497 e. The average Bonchev–Trinajstić information content (AvgIpc) is 3.64. The van der Waals surface area contributed by atoms with Gasteiger partial charge in [0.1, 0.15) is 5.75 Å². The van der Waals surface area contributed by atoms with Gasteiger partial charge in [0, 0.05) is 30.6 Å².